The van der Waals surface area contributed by atoms with Crippen molar-refractivity contribution in [2.75, 3.05) is 0 Å². The highest BCUT2D eigenvalue weighted by atomic mass is 32.2. The highest BCUT2D eigenvalue weighted by Gasteiger charge is 2.08. The van der Waals surface area contributed by atoms with E-state index in [9.17, 15) is 4.79 Å². The second-order valence-corrected chi connectivity index (χ2v) is 5.50. The van der Waals surface area contributed by atoms with E-state index in [4.69, 9.17) is 5.11 Å². The van der Waals surface area contributed by atoms with Crippen LogP contribution in [0.5, 0.6) is 0 Å². The first kappa shape index (κ1) is 13.8. The van der Waals surface area contributed by atoms with Gasteiger partial charge in [-0.2, -0.15) is 0 Å². The van der Waals surface area contributed by atoms with Crippen molar-refractivity contribution in [3.05, 3.63) is 52.6 Å². The zero-order valence-electron chi connectivity index (χ0n) is 10.9. The molecule has 0 radical (unpaired) electrons. The molecule has 1 aromatic heterocycles. The van der Waals surface area contributed by atoms with Gasteiger partial charge in [0.05, 0.1) is 6.61 Å². The first-order valence-corrected chi connectivity index (χ1v) is 6.88. The molecule has 2 aromatic rings. The van der Waals surface area contributed by atoms with Crippen molar-refractivity contribution < 1.29 is 5.11 Å². The van der Waals surface area contributed by atoms with E-state index in [1.807, 2.05) is 38.1 Å². The Morgan fingerprint density at radius 2 is 2.00 bits per heavy atom. The monoisotopic (exact) mass is 276 g/mol. The van der Waals surface area contributed by atoms with E-state index in [0.717, 1.165) is 10.5 Å². The summed E-state index contributed by atoms with van der Waals surface area (Å²) in [6, 6.07) is 7.55. The molecule has 0 amide bonds. The highest BCUT2D eigenvalue weighted by molar-refractivity contribution is 7.99. The number of rotatable bonds is 4. The molecule has 100 valence electrons. The molecule has 0 bridgehead atoms. The molecule has 0 spiro atoms. The fraction of sp³-hybridized carbons (Fsp3) is 0.286. The summed E-state index contributed by atoms with van der Waals surface area (Å²) in [6.07, 6.45) is 3.34. The third kappa shape index (κ3) is 3.24. The Kier molecular flexibility index (Phi) is 4.39. The molecule has 0 unspecified atom stereocenters. The van der Waals surface area contributed by atoms with Gasteiger partial charge < -0.3 is 9.67 Å². The van der Waals surface area contributed by atoms with E-state index in [-0.39, 0.29) is 18.2 Å². The molecule has 0 aliphatic rings. The molecule has 1 N–H and O–H groups in total. The van der Waals surface area contributed by atoms with E-state index in [1.165, 1.54) is 11.8 Å². The van der Waals surface area contributed by atoms with Crippen molar-refractivity contribution in [1.29, 1.82) is 0 Å². The van der Waals surface area contributed by atoms with Crippen LogP contribution in [0.4, 0.5) is 0 Å². The molecule has 0 saturated heterocycles. The lowest BCUT2D eigenvalue weighted by Gasteiger charge is -2.10. The van der Waals surface area contributed by atoms with Gasteiger partial charge in [0.25, 0.3) is 5.56 Å². The summed E-state index contributed by atoms with van der Waals surface area (Å²) in [6.45, 7) is 3.95. The number of nitrogens with zero attached hydrogens (tertiary/aromatic N) is 2. The van der Waals surface area contributed by atoms with Crippen LogP contribution in [0.3, 0.4) is 0 Å². The molecule has 0 aliphatic heterocycles. The Morgan fingerprint density at radius 1 is 1.32 bits per heavy atom. The fourth-order valence-corrected chi connectivity index (χ4v) is 2.46. The summed E-state index contributed by atoms with van der Waals surface area (Å²) >= 11 is 1.34. The highest BCUT2D eigenvalue weighted by Crippen LogP contribution is 2.23. The minimum atomic E-state index is -0.0752. The van der Waals surface area contributed by atoms with E-state index in [0.29, 0.717) is 5.03 Å². The Labute approximate surface area is 116 Å². The number of hydrogen-bond acceptors (Lipinski definition) is 4. The Hall–Kier alpha value is -1.59. The van der Waals surface area contributed by atoms with E-state index in [2.05, 4.69) is 4.98 Å². The van der Waals surface area contributed by atoms with Crippen LogP contribution in [-0.4, -0.2) is 14.7 Å². The fourth-order valence-electron chi connectivity index (χ4n) is 1.66. The van der Waals surface area contributed by atoms with Crippen LogP contribution in [0.15, 0.2) is 51.4 Å². The molecular weight excluding hydrogens is 260 g/mol. The molecule has 2 rings (SSSR count). The van der Waals surface area contributed by atoms with Gasteiger partial charge in [-0.1, -0.05) is 23.9 Å². The van der Waals surface area contributed by atoms with Gasteiger partial charge in [0.2, 0.25) is 0 Å². The normalized spacial score (nSPS) is 10.9. The van der Waals surface area contributed by atoms with Crippen LogP contribution in [-0.2, 0) is 6.61 Å². The first-order chi connectivity index (χ1) is 9.11. The second kappa shape index (κ2) is 6.04. The lowest BCUT2D eigenvalue weighted by atomic mass is 10.2. The number of benzene rings is 1. The smallest absolute Gasteiger partial charge is 0.283 e. The average Bonchev–Trinajstić information content (AvgIpc) is 2.41. The molecule has 1 aromatic carbocycles. The molecule has 4 nitrogen and oxygen atoms in total. The van der Waals surface area contributed by atoms with Crippen molar-refractivity contribution in [3.8, 4) is 0 Å². The van der Waals surface area contributed by atoms with E-state index in [1.54, 1.807) is 17.0 Å². The molecule has 1 heterocycles. The van der Waals surface area contributed by atoms with Crippen LogP contribution < -0.4 is 5.56 Å². The zero-order chi connectivity index (χ0) is 13.8. The van der Waals surface area contributed by atoms with Crippen LogP contribution in [0.2, 0.25) is 0 Å². The van der Waals surface area contributed by atoms with Gasteiger partial charge in [0, 0.05) is 23.3 Å². The standard InChI is InChI=1S/C14H16N2O2S/c1-10(2)16-8-7-15-13(14(16)18)19-12-5-3-11(9-17)4-6-12/h3-8,10,17H,9H2,1-2H3. The van der Waals surface area contributed by atoms with E-state index >= 15 is 0 Å². The average molecular weight is 276 g/mol. The van der Waals surface area contributed by atoms with Crippen LogP contribution >= 0.6 is 11.8 Å². The lowest BCUT2D eigenvalue weighted by Crippen LogP contribution is -2.23. The van der Waals surface area contributed by atoms with Gasteiger partial charge in [-0.25, -0.2) is 4.98 Å². The predicted molar refractivity (Wildman–Crippen MR) is 75.4 cm³/mol. The van der Waals surface area contributed by atoms with Crippen molar-refractivity contribution in [1.82, 2.24) is 9.55 Å². The molecule has 19 heavy (non-hydrogen) atoms. The largest absolute Gasteiger partial charge is 0.392 e. The molecule has 0 fully saturated rings. The Morgan fingerprint density at radius 3 is 2.58 bits per heavy atom. The number of hydrogen-bond donors (Lipinski definition) is 1. The van der Waals surface area contributed by atoms with Gasteiger partial charge >= 0.3 is 0 Å². The number of aliphatic hydroxyl groups excluding tert-OH is 1. The predicted octanol–water partition coefficient (Wildman–Crippen LogP) is 2.47. The van der Waals surface area contributed by atoms with Crippen molar-refractivity contribution in [2.24, 2.45) is 0 Å². The minimum absolute atomic E-state index is 0.0225. The van der Waals surface area contributed by atoms with Gasteiger partial charge in [-0.05, 0) is 31.5 Å². The summed E-state index contributed by atoms with van der Waals surface area (Å²) < 4.78 is 1.66. The maximum Gasteiger partial charge on any atom is 0.283 e. The third-order valence-electron chi connectivity index (χ3n) is 2.71. The Balaban J connectivity index is 2.28. The second-order valence-electron chi connectivity index (χ2n) is 4.44. The van der Waals surface area contributed by atoms with Crippen molar-refractivity contribution in [2.45, 2.75) is 36.4 Å². The maximum absolute atomic E-state index is 12.2. The van der Waals surface area contributed by atoms with Gasteiger partial charge in [-0.15, -0.1) is 0 Å². The van der Waals surface area contributed by atoms with Gasteiger partial charge in [-0.3, -0.25) is 4.79 Å². The Bertz CT molecular complexity index is 606. The van der Waals surface area contributed by atoms with Crippen LogP contribution in [0, 0.1) is 0 Å². The first-order valence-electron chi connectivity index (χ1n) is 6.06. The van der Waals surface area contributed by atoms with E-state index < -0.39 is 0 Å². The topological polar surface area (TPSA) is 55.1 Å². The zero-order valence-corrected chi connectivity index (χ0v) is 11.7. The quantitative estimate of drug-likeness (QED) is 0.932. The molecule has 0 atom stereocenters. The summed E-state index contributed by atoms with van der Waals surface area (Å²) in [5.41, 5.74) is 0.777. The molecular formula is C14H16N2O2S. The van der Waals surface area contributed by atoms with Crippen molar-refractivity contribution >= 4 is 11.8 Å². The molecule has 0 aliphatic carbocycles. The van der Waals surface area contributed by atoms with Gasteiger partial charge in [0.15, 0.2) is 5.03 Å². The maximum atomic E-state index is 12.2. The van der Waals surface area contributed by atoms with Crippen LogP contribution in [0.1, 0.15) is 25.5 Å². The van der Waals surface area contributed by atoms with Gasteiger partial charge in [0.1, 0.15) is 0 Å². The SMILES string of the molecule is CC(C)n1ccnc(Sc2ccc(CO)cc2)c1=O. The summed E-state index contributed by atoms with van der Waals surface area (Å²) in [5, 5.41) is 9.45. The summed E-state index contributed by atoms with van der Waals surface area (Å²) in [5.74, 6) is 0. The summed E-state index contributed by atoms with van der Waals surface area (Å²) in [4.78, 5) is 17.3. The number of aromatic nitrogens is 2. The van der Waals surface area contributed by atoms with Crippen molar-refractivity contribution in [3.63, 3.8) is 0 Å². The third-order valence-corrected chi connectivity index (χ3v) is 3.69. The lowest BCUT2D eigenvalue weighted by molar-refractivity contribution is 0.282. The van der Waals surface area contributed by atoms with Crippen LogP contribution in [0.25, 0.3) is 0 Å². The summed E-state index contributed by atoms with van der Waals surface area (Å²) in [7, 11) is 0. The molecule has 5 heteroatoms. The molecule has 0 saturated carbocycles. The number of aliphatic hydroxyl groups is 1. The minimum Gasteiger partial charge on any atom is -0.392 e.